The van der Waals surface area contributed by atoms with E-state index in [9.17, 15) is 4.79 Å². The van der Waals surface area contributed by atoms with E-state index in [1.54, 1.807) is 11.1 Å². The summed E-state index contributed by atoms with van der Waals surface area (Å²) in [6, 6.07) is 11.4. The van der Waals surface area contributed by atoms with Crippen LogP contribution in [0.25, 0.3) is 0 Å². The van der Waals surface area contributed by atoms with Crippen molar-refractivity contribution in [3.63, 3.8) is 0 Å². The highest BCUT2D eigenvalue weighted by Crippen LogP contribution is 2.15. The molecule has 0 atom stereocenters. The van der Waals surface area contributed by atoms with Crippen molar-refractivity contribution in [2.45, 2.75) is 6.42 Å². The quantitative estimate of drug-likeness (QED) is 0.939. The minimum Gasteiger partial charge on any atom is -0.378 e. The fourth-order valence-corrected chi connectivity index (χ4v) is 2.65. The fraction of sp³-hybridized carbons (Fsp3) is 0.294. The van der Waals surface area contributed by atoms with Crippen LogP contribution in [0.1, 0.15) is 11.1 Å². The van der Waals surface area contributed by atoms with Gasteiger partial charge in [0.05, 0.1) is 13.2 Å². The number of halogens is 1. The zero-order valence-corrected chi connectivity index (χ0v) is 13.4. The zero-order chi connectivity index (χ0) is 16.1. The van der Waals surface area contributed by atoms with Gasteiger partial charge in [0.25, 0.3) is 0 Å². The van der Waals surface area contributed by atoms with Crippen LogP contribution in [0.5, 0.6) is 0 Å². The summed E-state index contributed by atoms with van der Waals surface area (Å²) in [5.41, 5.74) is 2.20. The van der Waals surface area contributed by atoms with Gasteiger partial charge in [0, 0.05) is 24.3 Å². The lowest BCUT2D eigenvalue weighted by Gasteiger charge is -2.26. The first-order valence-electron chi connectivity index (χ1n) is 7.54. The van der Waals surface area contributed by atoms with Crippen LogP contribution < -0.4 is 5.32 Å². The van der Waals surface area contributed by atoms with Crippen molar-refractivity contribution in [2.24, 2.45) is 0 Å². The SMILES string of the molecule is O=C(Nc1ccc(Cc2cccc(Cl)c2)cn1)N1CCOCC1. The van der Waals surface area contributed by atoms with E-state index >= 15 is 0 Å². The highest BCUT2D eigenvalue weighted by Gasteiger charge is 2.16. The van der Waals surface area contributed by atoms with Crippen molar-refractivity contribution in [3.05, 3.63) is 58.7 Å². The van der Waals surface area contributed by atoms with E-state index in [0.29, 0.717) is 32.1 Å². The number of nitrogens with one attached hydrogen (secondary N) is 1. The minimum atomic E-state index is -0.136. The van der Waals surface area contributed by atoms with Crippen LogP contribution >= 0.6 is 11.6 Å². The van der Waals surface area contributed by atoms with Crippen LogP contribution in [0.15, 0.2) is 42.6 Å². The molecule has 5 nitrogen and oxygen atoms in total. The third-order valence-corrected chi connectivity index (χ3v) is 3.89. The number of hydrogen-bond donors (Lipinski definition) is 1. The summed E-state index contributed by atoms with van der Waals surface area (Å²) in [7, 11) is 0. The average molecular weight is 332 g/mol. The second-order valence-electron chi connectivity index (χ2n) is 5.39. The molecule has 2 aromatic rings. The third kappa shape index (κ3) is 4.43. The first-order chi connectivity index (χ1) is 11.2. The molecule has 0 radical (unpaired) electrons. The van der Waals surface area contributed by atoms with E-state index in [1.165, 1.54) is 0 Å². The third-order valence-electron chi connectivity index (χ3n) is 3.66. The van der Waals surface area contributed by atoms with Gasteiger partial charge in [0.15, 0.2) is 0 Å². The van der Waals surface area contributed by atoms with Crippen LogP contribution in [0, 0.1) is 0 Å². The van der Waals surface area contributed by atoms with Gasteiger partial charge >= 0.3 is 6.03 Å². The second kappa shape index (κ2) is 7.44. The molecule has 1 N–H and O–H groups in total. The lowest BCUT2D eigenvalue weighted by Crippen LogP contribution is -2.43. The Balaban J connectivity index is 1.59. The number of hydrogen-bond acceptors (Lipinski definition) is 3. The number of carbonyl (C=O) groups excluding carboxylic acids is 1. The van der Waals surface area contributed by atoms with E-state index in [2.05, 4.69) is 10.3 Å². The number of pyridine rings is 1. The Morgan fingerprint density at radius 3 is 2.74 bits per heavy atom. The summed E-state index contributed by atoms with van der Waals surface area (Å²) in [5, 5.41) is 3.54. The van der Waals surface area contributed by atoms with Gasteiger partial charge in [-0.1, -0.05) is 29.8 Å². The molecular weight excluding hydrogens is 314 g/mol. The van der Waals surface area contributed by atoms with Crippen LogP contribution in [0.2, 0.25) is 5.02 Å². The van der Waals surface area contributed by atoms with Crippen LogP contribution in [0.3, 0.4) is 0 Å². The van der Waals surface area contributed by atoms with E-state index in [-0.39, 0.29) is 6.03 Å². The Bertz CT molecular complexity index is 670. The standard InChI is InChI=1S/C17H18ClN3O2/c18-15-3-1-2-13(11-15)10-14-4-5-16(19-12-14)20-17(22)21-6-8-23-9-7-21/h1-5,11-12H,6-10H2,(H,19,20,22). The van der Waals surface area contributed by atoms with Crippen molar-refractivity contribution in [1.29, 1.82) is 0 Å². The smallest absolute Gasteiger partial charge is 0.323 e. The Morgan fingerprint density at radius 1 is 1.22 bits per heavy atom. The number of benzene rings is 1. The van der Waals surface area contributed by atoms with Gasteiger partial charge in [-0.15, -0.1) is 0 Å². The lowest BCUT2D eigenvalue weighted by atomic mass is 10.1. The summed E-state index contributed by atoms with van der Waals surface area (Å²) in [6.07, 6.45) is 2.53. The molecular formula is C17H18ClN3O2. The van der Waals surface area contributed by atoms with Crippen molar-refractivity contribution >= 4 is 23.4 Å². The van der Waals surface area contributed by atoms with E-state index in [0.717, 1.165) is 22.6 Å². The number of morpholine rings is 1. The second-order valence-corrected chi connectivity index (χ2v) is 5.82. The molecule has 0 bridgehead atoms. The Hall–Kier alpha value is -2.11. The topological polar surface area (TPSA) is 54.5 Å². The monoisotopic (exact) mass is 331 g/mol. The van der Waals surface area contributed by atoms with Crippen molar-refractivity contribution in [3.8, 4) is 0 Å². The Labute approximate surface area is 140 Å². The molecule has 1 aromatic carbocycles. The number of rotatable bonds is 3. The van der Waals surface area contributed by atoms with Gasteiger partial charge in [-0.3, -0.25) is 5.32 Å². The van der Waals surface area contributed by atoms with Gasteiger partial charge < -0.3 is 9.64 Å². The van der Waals surface area contributed by atoms with Gasteiger partial charge in [0.2, 0.25) is 0 Å². The van der Waals surface area contributed by atoms with Gasteiger partial charge in [-0.05, 0) is 35.7 Å². The summed E-state index contributed by atoms with van der Waals surface area (Å²) >= 11 is 5.99. The molecule has 6 heteroatoms. The van der Waals surface area contributed by atoms with Gasteiger partial charge in [-0.25, -0.2) is 9.78 Å². The van der Waals surface area contributed by atoms with Crippen LogP contribution in [-0.4, -0.2) is 42.2 Å². The van der Waals surface area contributed by atoms with Crippen molar-refractivity contribution in [1.82, 2.24) is 9.88 Å². The maximum Gasteiger partial charge on any atom is 0.323 e. The Morgan fingerprint density at radius 2 is 2.04 bits per heavy atom. The molecule has 1 fully saturated rings. The normalized spacial score (nSPS) is 14.6. The molecule has 1 aromatic heterocycles. The molecule has 2 heterocycles. The molecule has 1 aliphatic heterocycles. The van der Waals surface area contributed by atoms with Gasteiger partial charge in [-0.2, -0.15) is 0 Å². The van der Waals surface area contributed by atoms with E-state index < -0.39 is 0 Å². The van der Waals surface area contributed by atoms with E-state index in [4.69, 9.17) is 16.3 Å². The molecule has 0 spiro atoms. The first kappa shape index (κ1) is 15.8. The lowest BCUT2D eigenvalue weighted by molar-refractivity contribution is 0.0564. The molecule has 2 amide bonds. The number of carbonyl (C=O) groups is 1. The van der Waals surface area contributed by atoms with E-state index in [1.807, 2.05) is 36.4 Å². The maximum atomic E-state index is 12.1. The molecule has 1 aliphatic rings. The number of amides is 2. The molecule has 0 unspecified atom stereocenters. The summed E-state index contributed by atoms with van der Waals surface area (Å²) < 4.78 is 5.23. The average Bonchev–Trinajstić information content (AvgIpc) is 2.57. The van der Waals surface area contributed by atoms with Gasteiger partial charge in [0.1, 0.15) is 5.82 Å². The molecule has 1 saturated heterocycles. The minimum absolute atomic E-state index is 0.136. The maximum absolute atomic E-state index is 12.1. The number of nitrogens with zero attached hydrogens (tertiary/aromatic N) is 2. The highest BCUT2D eigenvalue weighted by atomic mass is 35.5. The predicted molar refractivity (Wildman–Crippen MR) is 89.9 cm³/mol. The summed E-state index contributed by atoms with van der Waals surface area (Å²) in [6.45, 7) is 2.39. The van der Waals surface area contributed by atoms with Crippen LogP contribution in [-0.2, 0) is 11.2 Å². The summed E-state index contributed by atoms with van der Waals surface area (Å²) in [4.78, 5) is 18.1. The zero-order valence-electron chi connectivity index (χ0n) is 12.7. The number of anilines is 1. The fourth-order valence-electron chi connectivity index (χ4n) is 2.44. The molecule has 0 aliphatic carbocycles. The number of urea groups is 1. The van der Waals surface area contributed by atoms with Crippen molar-refractivity contribution in [2.75, 3.05) is 31.6 Å². The highest BCUT2D eigenvalue weighted by molar-refractivity contribution is 6.30. The van der Waals surface area contributed by atoms with Crippen molar-refractivity contribution < 1.29 is 9.53 Å². The summed E-state index contributed by atoms with van der Waals surface area (Å²) in [5.74, 6) is 0.552. The molecule has 120 valence electrons. The number of ether oxygens (including phenoxy) is 1. The molecule has 23 heavy (non-hydrogen) atoms. The molecule has 0 saturated carbocycles. The molecule has 3 rings (SSSR count). The van der Waals surface area contributed by atoms with Crippen LogP contribution in [0.4, 0.5) is 10.6 Å². The first-order valence-corrected chi connectivity index (χ1v) is 7.91. The Kier molecular flexibility index (Phi) is 5.10. The largest absolute Gasteiger partial charge is 0.378 e. The number of aromatic nitrogens is 1. The predicted octanol–water partition coefficient (Wildman–Crippen LogP) is 3.19.